The fourth-order valence-electron chi connectivity index (χ4n) is 1.73. The fourth-order valence-corrected chi connectivity index (χ4v) is 1.73. The van der Waals surface area contributed by atoms with Gasteiger partial charge in [0.15, 0.2) is 0 Å². The number of ether oxygens (including phenoxy) is 1. The molecule has 1 aliphatic heterocycles. The van der Waals surface area contributed by atoms with Crippen LogP contribution in [0.2, 0.25) is 0 Å². The van der Waals surface area contributed by atoms with Crippen LogP contribution in [0.1, 0.15) is 12.5 Å². The van der Waals surface area contributed by atoms with E-state index in [2.05, 4.69) is 5.32 Å². The minimum atomic E-state index is -0.373. The lowest BCUT2D eigenvalue weighted by Gasteiger charge is -2.06. The maximum atomic E-state index is 11.8. The first-order valence-corrected chi connectivity index (χ1v) is 5.64. The number of likely N-dealkylation sites (N-methyl/N-ethyl adjacent to an activating group) is 1. The van der Waals surface area contributed by atoms with Gasteiger partial charge in [0.1, 0.15) is 11.4 Å². The first-order valence-electron chi connectivity index (χ1n) is 5.64. The summed E-state index contributed by atoms with van der Waals surface area (Å²) in [5, 5.41) is 2.55. The Hall–Kier alpha value is -2.30. The van der Waals surface area contributed by atoms with E-state index in [0.717, 1.165) is 16.2 Å². The highest BCUT2D eigenvalue weighted by molar-refractivity contribution is 6.13. The summed E-state index contributed by atoms with van der Waals surface area (Å²) in [7, 11) is 1.59. The lowest BCUT2D eigenvalue weighted by Crippen LogP contribution is -2.30. The summed E-state index contributed by atoms with van der Waals surface area (Å²) in [4.78, 5) is 24.4. The molecule has 0 bridgehead atoms. The molecule has 5 nitrogen and oxygen atoms in total. The van der Waals surface area contributed by atoms with E-state index >= 15 is 0 Å². The monoisotopic (exact) mass is 246 g/mol. The number of carbonyl (C=O) groups excluding carboxylic acids is 2. The molecule has 94 valence electrons. The van der Waals surface area contributed by atoms with Crippen LogP contribution in [-0.4, -0.2) is 30.5 Å². The van der Waals surface area contributed by atoms with Crippen LogP contribution >= 0.6 is 0 Å². The minimum absolute atomic E-state index is 0.293. The lowest BCUT2D eigenvalue weighted by molar-refractivity contribution is -0.122. The van der Waals surface area contributed by atoms with Crippen LogP contribution in [0.5, 0.6) is 5.75 Å². The van der Waals surface area contributed by atoms with E-state index in [-0.39, 0.29) is 11.9 Å². The second kappa shape index (κ2) is 4.91. The first-order chi connectivity index (χ1) is 8.65. The topological polar surface area (TPSA) is 58.6 Å². The SMILES string of the molecule is CCN1C(=O)NC(=Cc2ccc(OC)cc2)C1=O. The molecular weight excluding hydrogens is 232 g/mol. The van der Waals surface area contributed by atoms with Crippen molar-refractivity contribution in [1.82, 2.24) is 10.2 Å². The van der Waals surface area contributed by atoms with Gasteiger partial charge in [0, 0.05) is 6.54 Å². The van der Waals surface area contributed by atoms with Gasteiger partial charge in [-0.1, -0.05) is 12.1 Å². The number of nitrogens with one attached hydrogen (secondary N) is 1. The quantitative estimate of drug-likeness (QED) is 0.651. The highest BCUT2D eigenvalue weighted by atomic mass is 16.5. The van der Waals surface area contributed by atoms with Gasteiger partial charge in [-0.3, -0.25) is 9.69 Å². The van der Waals surface area contributed by atoms with Crippen molar-refractivity contribution < 1.29 is 14.3 Å². The summed E-state index contributed by atoms with van der Waals surface area (Å²) in [6.45, 7) is 2.12. The molecule has 2 rings (SSSR count). The molecule has 0 radical (unpaired) electrons. The molecule has 1 heterocycles. The number of urea groups is 1. The minimum Gasteiger partial charge on any atom is -0.497 e. The summed E-state index contributed by atoms with van der Waals surface area (Å²) in [6, 6.07) is 6.86. The van der Waals surface area contributed by atoms with Gasteiger partial charge in [0.2, 0.25) is 0 Å². The largest absolute Gasteiger partial charge is 0.497 e. The standard InChI is InChI=1S/C13H14N2O3/c1-3-15-12(16)11(14-13(15)17)8-9-4-6-10(18-2)7-5-9/h4-8H,3H2,1-2H3,(H,14,17). The molecule has 5 heteroatoms. The second-order valence-corrected chi connectivity index (χ2v) is 3.81. The number of nitrogens with zero attached hydrogens (tertiary/aromatic N) is 1. The van der Waals surface area contributed by atoms with Gasteiger partial charge in [-0.15, -0.1) is 0 Å². The van der Waals surface area contributed by atoms with E-state index < -0.39 is 0 Å². The molecule has 1 N–H and O–H groups in total. The molecule has 0 atom stereocenters. The van der Waals surface area contributed by atoms with Crippen LogP contribution in [0, 0.1) is 0 Å². The molecule has 0 aliphatic carbocycles. The van der Waals surface area contributed by atoms with Crippen LogP contribution in [-0.2, 0) is 4.79 Å². The van der Waals surface area contributed by atoms with E-state index in [1.54, 1.807) is 32.2 Å². The van der Waals surface area contributed by atoms with Crippen molar-refractivity contribution >= 4 is 18.0 Å². The van der Waals surface area contributed by atoms with Crippen LogP contribution in [0.15, 0.2) is 30.0 Å². The van der Waals surface area contributed by atoms with Crippen molar-refractivity contribution in [2.75, 3.05) is 13.7 Å². The summed E-state index contributed by atoms with van der Waals surface area (Å²) >= 11 is 0. The Bertz CT molecular complexity index is 505. The zero-order valence-electron chi connectivity index (χ0n) is 10.3. The highest BCUT2D eigenvalue weighted by Crippen LogP contribution is 2.16. The Morgan fingerprint density at radius 2 is 1.94 bits per heavy atom. The van der Waals surface area contributed by atoms with Crippen LogP contribution in [0.25, 0.3) is 6.08 Å². The molecule has 0 unspecified atom stereocenters. The van der Waals surface area contributed by atoms with Crippen molar-refractivity contribution in [1.29, 1.82) is 0 Å². The van der Waals surface area contributed by atoms with Gasteiger partial charge in [0.05, 0.1) is 7.11 Å². The van der Waals surface area contributed by atoms with Gasteiger partial charge < -0.3 is 10.1 Å². The summed E-state index contributed by atoms with van der Waals surface area (Å²) < 4.78 is 5.05. The zero-order valence-corrected chi connectivity index (χ0v) is 10.3. The third-order valence-electron chi connectivity index (χ3n) is 2.71. The Morgan fingerprint density at radius 1 is 1.28 bits per heavy atom. The van der Waals surface area contributed by atoms with Gasteiger partial charge in [-0.25, -0.2) is 4.79 Å². The maximum absolute atomic E-state index is 11.8. The number of imide groups is 1. The number of hydrogen-bond donors (Lipinski definition) is 1. The third kappa shape index (κ3) is 2.20. The van der Waals surface area contributed by atoms with Gasteiger partial charge >= 0.3 is 6.03 Å². The molecule has 1 aromatic rings. The van der Waals surface area contributed by atoms with Crippen molar-refractivity contribution in [3.8, 4) is 5.75 Å². The number of methoxy groups -OCH3 is 1. The first kappa shape index (κ1) is 12.2. The molecular formula is C13H14N2O3. The Kier molecular flexibility index (Phi) is 3.32. The predicted molar refractivity (Wildman–Crippen MR) is 66.9 cm³/mol. The van der Waals surface area contributed by atoms with E-state index in [9.17, 15) is 9.59 Å². The predicted octanol–water partition coefficient (Wildman–Crippen LogP) is 1.61. The van der Waals surface area contributed by atoms with Crippen molar-refractivity contribution in [3.63, 3.8) is 0 Å². The fraction of sp³-hybridized carbons (Fsp3) is 0.231. The van der Waals surface area contributed by atoms with Gasteiger partial charge in [0.25, 0.3) is 5.91 Å². The average Bonchev–Trinajstić information content (AvgIpc) is 2.65. The van der Waals surface area contributed by atoms with E-state index in [1.807, 2.05) is 12.1 Å². The summed E-state index contributed by atoms with van der Waals surface area (Å²) in [5.41, 5.74) is 1.13. The molecule has 1 aliphatic rings. The Labute approximate surface area is 105 Å². The third-order valence-corrected chi connectivity index (χ3v) is 2.71. The van der Waals surface area contributed by atoms with Crippen LogP contribution in [0.3, 0.4) is 0 Å². The van der Waals surface area contributed by atoms with Gasteiger partial charge in [-0.05, 0) is 30.7 Å². The molecule has 3 amide bonds. The van der Waals surface area contributed by atoms with Crippen molar-refractivity contribution in [2.45, 2.75) is 6.92 Å². The molecule has 0 saturated carbocycles. The average molecular weight is 246 g/mol. The zero-order chi connectivity index (χ0) is 13.1. The van der Waals surface area contributed by atoms with Crippen LogP contribution in [0.4, 0.5) is 4.79 Å². The molecule has 1 aromatic carbocycles. The smallest absolute Gasteiger partial charge is 0.328 e. The molecule has 0 aromatic heterocycles. The number of benzene rings is 1. The highest BCUT2D eigenvalue weighted by Gasteiger charge is 2.31. The molecule has 1 fully saturated rings. The Morgan fingerprint density at radius 3 is 2.44 bits per heavy atom. The summed E-state index contributed by atoms with van der Waals surface area (Å²) in [5.74, 6) is 0.451. The summed E-state index contributed by atoms with van der Waals surface area (Å²) in [6.07, 6.45) is 1.65. The Balaban J connectivity index is 2.23. The van der Waals surface area contributed by atoms with Gasteiger partial charge in [-0.2, -0.15) is 0 Å². The normalized spacial score (nSPS) is 17.2. The van der Waals surface area contributed by atoms with Crippen molar-refractivity contribution in [3.05, 3.63) is 35.5 Å². The van der Waals surface area contributed by atoms with E-state index in [0.29, 0.717) is 12.2 Å². The molecule has 1 saturated heterocycles. The lowest BCUT2D eigenvalue weighted by atomic mass is 10.2. The van der Waals surface area contributed by atoms with E-state index in [1.165, 1.54) is 0 Å². The number of rotatable bonds is 3. The van der Waals surface area contributed by atoms with E-state index in [4.69, 9.17) is 4.74 Å². The number of hydrogen-bond acceptors (Lipinski definition) is 3. The van der Waals surface area contributed by atoms with Crippen molar-refractivity contribution in [2.24, 2.45) is 0 Å². The van der Waals surface area contributed by atoms with Crippen LogP contribution < -0.4 is 10.1 Å². The number of carbonyl (C=O) groups is 2. The number of amides is 3. The molecule has 18 heavy (non-hydrogen) atoms. The maximum Gasteiger partial charge on any atom is 0.328 e. The second-order valence-electron chi connectivity index (χ2n) is 3.81. The molecule has 0 spiro atoms.